The maximum absolute atomic E-state index is 9.88. The van der Waals surface area contributed by atoms with E-state index in [0.29, 0.717) is 6.61 Å². The fraction of sp³-hybridized carbons (Fsp3) is 0.478. The molecular formula is C23H30N3O+. The highest BCUT2D eigenvalue weighted by atomic mass is 16.5. The van der Waals surface area contributed by atoms with Crippen LogP contribution in [0.2, 0.25) is 0 Å². The Balaban J connectivity index is 1.88. The van der Waals surface area contributed by atoms with E-state index in [2.05, 4.69) is 61.4 Å². The molecule has 1 aromatic heterocycles. The third-order valence-electron chi connectivity index (χ3n) is 5.22. The maximum atomic E-state index is 9.88. The van der Waals surface area contributed by atoms with Gasteiger partial charge in [0.25, 0.3) is 5.82 Å². The Morgan fingerprint density at radius 3 is 2.67 bits per heavy atom. The van der Waals surface area contributed by atoms with Crippen LogP contribution < -0.4 is 10.3 Å². The van der Waals surface area contributed by atoms with Crippen LogP contribution in [-0.2, 0) is 30.6 Å². The largest absolute Gasteiger partial charge is 0.370 e. The lowest BCUT2D eigenvalue weighted by Gasteiger charge is -2.32. The molecule has 1 aliphatic heterocycles. The summed E-state index contributed by atoms with van der Waals surface area (Å²) in [6, 6.07) is 12.9. The number of hydrogen-bond donors (Lipinski definition) is 1. The van der Waals surface area contributed by atoms with Crippen LogP contribution in [0.15, 0.2) is 30.3 Å². The van der Waals surface area contributed by atoms with Gasteiger partial charge in [0.05, 0.1) is 18.8 Å². The second kappa shape index (κ2) is 8.54. The molecule has 3 rings (SSSR count). The number of ether oxygens (including phenoxy) is 1. The fourth-order valence-corrected chi connectivity index (χ4v) is 3.69. The lowest BCUT2D eigenvalue weighted by atomic mass is 9.87. The number of nitriles is 1. The molecule has 0 amide bonds. The lowest BCUT2D eigenvalue weighted by molar-refractivity contribution is -0.375. The van der Waals surface area contributed by atoms with Gasteiger partial charge in [-0.05, 0) is 31.4 Å². The van der Waals surface area contributed by atoms with Crippen molar-refractivity contribution in [1.29, 1.82) is 5.26 Å². The van der Waals surface area contributed by atoms with Crippen LogP contribution in [0.25, 0.3) is 0 Å². The summed E-state index contributed by atoms with van der Waals surface area (Å²) in [5.74, 6) is 0.857. The molecule has 0 radical (unpaired) electrons. The van der Waals surface area contributed by atoms with Crippen molar-refractivity contribution in [2.24, 2.45) is 0 Å². The number of unbranched alkanes of at least 4 members (excludes halogenated alkanes) is 1. The fourth-order valence-electron chi connectivity index (χ4n) is 3.69. The predicted molar refractivity (Wildman–Crippen MR) is 108 cm³/mol. The molecule has 2 N–H and O–H groups in total. The molecule has 0 saturated carbocycles. The van der Waals surface area contributed by atoms with Gasteiger partial charge in [-0.15, -0.1) is 0 Å². The van der Waals surface area contributed by atoms with E-state index in [0.717, 1.165) is 55.6 Å². The van der Waals surface area contributed by atoms with Gasteiger partial charge in [-0.25, -0.2) is 4.98 Å². The van der Waals surface area contributed by atoms with Crippen molar-refractivity contribution in [2.45, 2.75) is 65.1 Å². The number of rotatable bonds is 7. The molecule has 2 heterocycles. The summed E-state index contributed by atoms with van der Waals surface area (Å²) >= 11 is 0. The zero-order valence-corrected chi connectivity index (χ0v) is 16.7. The Morgan fingerprint density at radius 2 is 1.96 bits per heavy atom. The highest BCUT2D eigenvalue weighted by Crippen LogP contribution is 2.33. The summed E-state index contributed by atoms with van der Waals surface area (Å²) in [6.07, 6.45) is 4.96. The second-order valence-corrected chi connectivity index (χ2v) is 7.91. The molecular weight excluding hydrogens is 334 g/mol. The van der Waals surface area contributed by atoms with Gasteiger partial charge >= 0.3 is 0 Å². The van der Waals surface area contributed by atoms with Crippen molar-refractivity contribution in [3.05, 3.63) is 58.3 Å². The third kappa shape index (κ3) is 4.67. The van der Waals surface area contributed by atoms with Crippen LogP contribution in [0.3, 0.4) is 0 Å². The number of nitrogens with one attached hydrogen (secondary N) is 2. The number of aromatic nitrogens is 1. The van der Waals surface area contributed by atoms with Crippen LogP contribution in [0, 0.1) is 11.3 Å². The summed E-state index contributed by atoms with van der Waals surface area (Å²) in [7, 11) is 0. The van der Waals surface area contributed by atoms with E-state index < -0.39 is 0 Å². The van der Waals surface area contributed by atoms with Gasteiger partial charge in [0, 0.05) is 24.8 Å². The normalized spacial score (nSPS) is 15.0. The first-order valence-corrected chi connectivity index (χ1v) is 9.96. The Hall–Kier alpha value is -2.38. The van der Waals surface area contributed by atoms with Crippen LogP contribution in [0.1, 0.15) is 61.6 Å². The topological polar surface area (TPSA) is 59.2 Å². The summed E-state index contributed by atoms with van der Waals surface area (Å²) in [4.78, 5) is 3.53. The first-order valence-electron chi connectivity index (χ1n) is 9.96. The lowest BCUT2D eigenvalue weighted by Crippen LogP contribution is -2.36. The molecule has 0 atom stereocenters. The van der Waals surface area contributed by atoms with E-state index in [-0.39, 0.29) is 5.60 Å². The molecule has 1 aliphatic rings. The van der Waals surface area contributed by atoms with Crippen LogP contribution in [-0.4, -0.2) is 12.1 Å². The molecule has 0 saturated heterocycles. The van der Waals surface area contributed by atoms with Gasteiger partial charge in [0.1, 0.15) is 17.3 Å². The van der Waals surface area contributed by atoms with E-state index >= 15 is 0 Å². The first-order chi connectivity index (χ1) is 13.0. The minimum absolute atomic E-state index is 0.233. The van der Waals surface area contributed by atoms with Crippen molar-refractivity contribution < 1.29 is 9.72 Å². The number of anilines is 1. The monoisotopic (exact) mass is 364 g/mol. The molecule has 0 unspecified atom stereocenters. The highest BCUT2D eigenvalue weighted by Gasteiger charge is 2.33. The van der Waals surface area contributed by atoms with E-state index in [1.54, 1.807) is 0 Å². The van der Waals surface area contributed by atoms with Gasteiger partial charge in [-0.3, -0.25) is 5.32 Å². The van der Waals surface area contributed by atoms with Crippen molar-refractivity contribution in [3.63, 3.8) is 0 Å². The van der Waals surface area contributed by atoms with Gasteiger partial charge in [-0.1, -0.05) is 43.7 Å². The molecule has 0 spiro atoms. The summed E-state index contributed by atoms with van der Waals surface area (Å²) in [5, 5.41) is 13.4. The summed E-state index contributed by atoms with van der Waals surface area (Å²) in [6.45, 7) is 7.77. The number of aromatic amines is 1. The van der Waals surface area contributed by atoms with Crippen LogP contribution >= 0.6 is 0 Å². The Morgan fingerprint density at radius 1 is 1.19 bits per heavy atom. The highest BCUT2D eigenvalue weighted by molar-refractivity contribution is 5.56. The average Bonchev–Trinajstić information content (AvgIpc) is 2.66. The zero-order valence-electron chi connectivity index (χ0n) is 16.7. The molecule has 0 aliphatic carbocycles. The van der Waals surface area contributed by atoms with E-state index in [4.69, 9.17) is 4.74 Å². The SMILES string of the molecule is CCCCc1[nH+]c(NCCc2ccccc2)c(C#N)c2c1COC(C)(C)C2. The van der Waals surface area contributed by atoms with E-state index in [1.807, 2.05) is 6.07 Å². The number of benzene rings is 1. The van der Waals surface area contributed by atoms with Gasteiger partial charge in [-0.2, -0.15) is 5.26 Å². The third-order valence-corrected chi connectivity index (χ3v) is 5.22. The van der Waals surface area contributed by atoms with Gasteiger partial charge in [0.15, 0.2) is 0 Å². The summed E-state index contributed by atoms with van der Waals surface area (Å²) in [5.41, 5.74) is 5.36. The van der Waals surface area contributed by atoms with E-state index in [1.165, 1.54) is 16.8 Å². The maximum Gasteiger partial charge on any atom is 0.290 e. The van der Waals surface area contributed by atoms with Crippen molar-refractivity contribution in [3.8, 4) is 6.07 Å². The van der Waals surface area contributed by atoms with Crippen LogP contribution in [0.4, 0.5) is 5.82 Å². The van der Waals surface area contributed by atoms with Gasteiger partial charge < -0.3 is 4.74 Å². The number of aryl methyl sites for hydroxylation is 1. The number of H-pyrrole nitrogens is 1. The zero-order chi connectivity index (χ0) is 19.3. The van der Waals surface area contributed by atoms with E-state index in [9.17, 15) is 5.26 Å². The Kier molecular flexibility index (Phi) is 6.13. The molecule has 1 aromatic carbocycles. The molecule has 27 heavy (non-hydrogen) atoms. The number of nitrogens with zero attached hydrogens (tertiary/aromatic N) is 1. The average molecular weight is 365 g/mol. The molecule has 4 nitrogen and oxygen atoms in total. The minimum atomic E-state index is -0.233. The molecule has 2 aromatic rings. The summed E-state index contributed by atoms with van der Waals surface area (Å²) < 4.78 is 6.04. The Labute approximate surface area is 162 Å². The van der Waals surface area contributed by atoms with Crippen molar-refractivity contribution in [1.82, 2.24) is 0 Å². The molecule has 4 heteroatoms. The first kappa shape index (κ1) is 19.4. The number of fused-ring (bicyclic) bond motifs is 1. The minimum Gasteiger partial charge on any atom is -0.370 e. The molecule has 142 valence electrons. The second-order valence-electron chi connectivity index (χ2n) is 7.91. The number of hydrogen-bond acceptors (Lipinski definition) is 3. The standard InChI is InChI=1S/C23H29N3O/c1-4-5-11-21-20-16-27-23(2,3)14-18(20)19(15-24)22(26-21)25-13-12-17-9-7-6-8-10-17/h6-10H,4-5,11-14,16H2,1-3H3,(H,25,26)/p+1. The van der Waals surface area contributed by atoms with Crippen LogP contribution in [0.5, 0.6) is 0 Å². The molecule has 0 bridgehead atoms. The Bertz CT molecular complexity index is 822. The number of pyridine rings is 1. The van der Waals surface area contributed by atoms with Crippen molar-refractivity contribution >= 4 is 5.82 Å². The van der Waals surface area contributed by atoms with Crippen molar-refractivity contribution in [2.75, 3.05) is 11.9 Å². The molecule has 0 fully saturated rings. The smallest absolute Gasteiger partial charge is 0.290 e. The van der Waals surface area contributed by atoms with Gasteiger partial charge in [0.2, 0.25) is 0 Å². The quantitative estimate of drug-likeness (QED) is 0.800. The predicted octanol–water partition coefficient (Wildman–Crippen LogP) is 4.22.